The van der Waals surface area contributed by atoms with Crippen LogP contribution in [0.3, 0.4) is 0 Å². The number of rotatable bonds is 4. The maximum absolute atomic E-state index is 6.46. The van der Waals surface area contributed by atoms with Gasteiger partial charge in [0.25, 0.3) is 0 Å². The monoisotopic (exact) mass is 254 g/mol. The van der Waals surface area contributed by atoms with Gasteiger partial charge in [-0.05, 0) is 12.3 Å². The van der Waals surface area contributed by atoms with Crippen molar-refractivity contribution in [2.24, 2.45) is 11.7 Å². The minimum absolute atomic E-state index is 0.118. The summed E-state index contributed by atoms with van der Waals surface area (Å²) in [6, 6.07) is 0. The highest BCUT2D eigenvalue weighted by Crippen LogP contribution is 2.28. The van der Waals surface area contributed by atoms with Gasteiger partial charge in [0.15, 0.2) is 0 Å². The van der Waals surface area contributed by atoms with Crippen LogP contribution in [0.5, 0.6) is 0 Å². The van der Waals surface area contributed by atoms with Crippen molar-refractivity contribution in [1.82, 2.24) is 4.98 Å². The molecule has 0 aliphatic carbocycles. The molecule has 0 spiro atoms. The van der Waals surface area contributed by atoms with E-state index in [1.165, 1.54) is 10.7 Å². The molecule has 0 aromatic carbocycles. The Morgan fingerprint density at radius 1 is 1.35 bits per heavy atom. The molecule has 0 bridgehead atoms. The van der Waals surface area contributed by atoms with Gasteiger partial charge in [-0.3, -0.25) is 0 Å². The normalized spacial score (nSPS) is 16.2. The van der Waals surface area contributed by atoms with E-state index in [0.717, 1.165) is 12.8 Å². The van der Waals surface area contributed by atoms with Crippen LogP contribution in [0.2, 0.25) is 0 Å². The van der Waals surface area contributed by atoms with Crippen LogP contribution in [-0.2, 0) is 11.8 Å². The summed E-state index contributed by atoms with van der Waals surface area (Å²) in [7, 11) is 0. The molecule has 0 fully saturated rings. The minimum atomic E-state index is -0.118. The highest BCUT2D eigenvalue weighted by atomic mass is 32.1. The lowest BCUT2D eigenvalue weighted by Crippen LogP contribution is -2.46. The molecule has 0 aliphatic rings. The quantitative estimate of drug-likeness (QED) is 0.889. The lowest BCUT2D eigenvalue weighted by atomic mass is 9.82. The summed E-state index contributed by atoms with van der Waals surface area (Å²) >= 11 is 1.74. The third-order valence-electron chi connectivity index (χ3n) is 3.61. The Bertz CT molecular complexity index is 363. The minimum Gasteiger partial charge on any atom is -0.324 e. The molecule has 2 nitrogen and oxygen atoms in total. The standard InChI is InChI=1S/C14H26N2S/c1-7-14(15,10(2)3)8-12-16-11(9-17-12)13(4,5)6/h9-10H,7-8,15H2,1-6H3. The van der Waals surface area contributed by atoms with Crippen molar-refractivity contribution < 1.29 is 0 Å². The number of hydrogen-bond acceptors (Lipinski definition) is 3. The molecule has 98 valence electrons. The van der Waals surface area contributed by atoms with E-state index in [2.05, 4.69) is 46.9 Å². The van der Waals surface area contributed by atoms with Crippen molar-refractivity contribution >= 4 is 11.3 Å². The van der Waals surface area contributed by atoms with Gasteiger partial charge in [-0.15, -0.1) is 11.3 Å². The lowest BCUT2D eigenvalue weighted by Gasteiger charge is -2.31. The second kappa shape index (κ2) is 5.07. The largest absolute Gasteiger partial charge is 0.324 e. The average Bonchev–Trinajstić information content (AvgIpc) is 2.65. The van der Waals surface area contributed by atoms with Gasteiger partial charge in [0.05, 0.1) is 10.7 Å². The Hall–Kier alpha value is -0.410. The molecule has 0 aliphatic heterocycles. The molecule has 3 heteroatoms. The van der Waals surface area contributed by atoms with Crippen LogP contribution >= 0.6 is 11.3 Å². The fraction of sp³-hybridized carbons (Fsp3) is 0.786. The van der Waals surface area contributed by atoms with Crippen molar-refractivity contribution in [2.75, 3.05) is 0 Å². The number of thiazole rings is 1. The van der Waals surface area contributed by atoms with Crippen molar-refractivity contribution in [2.45, 2.75) is 65.3 Å². The Labute approximate surface area is 110 Å². The first-order valence-electron chi connectivity index (χ1n) is 6.43. The van der Waals surface area contributed by atoms with Crippen LogP contribution in [0.1, 0.15) is 58.7 Å². The molecule has 17 heavy (non-hydrogen) atoms. The Morgan fingerprint density at radius 3 is 2.29 bits per heavy atom. The van der Waals surface area contributed by atoms with Crippen molar-refractivity contribution in [3.63, 3.8) is 0 Å². The third kappa shape index (κ3) is 3.52. The molecule has 0 radical (unpaired) electrons. The molecule has 1 aromatic heterocycles. The van der Waals surface area contributed by atoms with Crippen molar-refractivity contribution in [1.29, 1.82) is 0 Å². The molecular weight excluding hydrogens is 228 g/mol. The summed E-state index contributed by atoms with van der Waals surface area (Å²) in [5, 5.41) is 3.35. The Balaban J connectivity index is 2.86. The molecule has 0 amide bonds. The van der Waals surface area contributed by atoms with Crippen molar-refractivity contribution in [3.05, 3.63) is 16.1 Å². The first-order valence-corrected chi connectivity index (χ1v) is 7.31. The van der Waals surface area contributed by atoms with Crippen LogP contribution in [0, 0.1) is 5.92 Å². The first kappa shape index (κ1) is 14.7. The van der Waals surface area contributed by atoms with Crippen LogP contribution < -0.4 is 5.73 Å². The maximum Gasteiger partial charge on any atom is 0.0946 e. The van der Waals surface area contributed by atoms with Crippen LogP contribution in [-0.4, -0.2) is 10.5 Å². The zero-order valence-corrected chi connectivity index (χ0v) is 12.8. The lowest BCUT2D eigenvalue weighted by molar-refractivity contribution is 0.295. The molecule has 1 rings (SSSR count). The predicted molar refractivity (Wildman–Crippen MR) is 76.6 cm³/mol. The smallest absolute Gasteiger partial charge is 0.0946 e. The molecule has 1 heterocycles. The maximum atomic E-state index is 6.46. The summed E-state index contributed by atoms with van der Waals surface area (Å²) in [6.45, 7) is 13.2. The van der Waals surface area contributed by atoms with E-state index < -0.39 is 0 Å². The molecular formula is C14H26N2S. The summed E-state index contributed by atoms with van der Waals surface area (Å²) in [5.74, 6) is 0.481. The van der Waals surface area contributed by atoms with E-state index in [4.69, 9.17) is 10.7 Å². The highest BCUT2D eigenvalue weighted by Gasteiger charge is 2.29. The van der Waals surface area contributed by atoms with Gasteiger partial charge in [-0.25, -0.2) is 4.98 Å². The zero-order chi connectivity index (χ0) is 13.3. The fourth-order valence-corrected chi connectivity index (χ4v) is 2.91. The highest BCUT2D eigenvalue weighted by molar-refractivity contribution is 7.09. The van der Waals surface area contributed by atoms with Gasteiger partial charge < -0.3 is 5.73 Å². The fourth-order valence-electron chi connectivity index (χ4n) is 1.76. The summed E-state index contributed by atoms with van der Waals surface area (Å²) in [6.07, 6.45) is 1.89. The second-order valence-corrected chi connectivity index (χ2v) is 7.24. The van der Waals surface area contributed by atoms with E-state index in [0.29, 0.717) is 5.92 Å². The molecule has 1 aromatic rings. The summed E-state index contributed by atoms with van der Waals surface area (Å²) < 4.78 is 0. The zero-order valence-electron chi connectivity index (χ0n) is 12.0. The molecule has 2 N–H and O–H groups in total. The first-order chi connectivity index (χ1) is 7.69. The summed E-state index contributed by atoms with van der Waals surface area (Å²) in [5.41, 5.74) is 7.65. The van der Waals surface area contributed by atoms with Gasteiger partial charge in [-0.1, -0.05) is 41.5 Å². The van der Waals surface area contributed by atoms with Gasteiger partial charge >= 0.3 is 0 Å². The molecule has 0 saturated carbocycles. The van der Waals surface area contributed by atoms with Gasteiger partial charge in [0, 0.05) is 22.8 Å². The average molecular weight is 254 g/mol. The van der Waals surface area contributed by atoms with E-state index in [9.17, 15) is 0 Å². The molecule has 0 saturated heterocycles. The van der Waals surface area contributed by atoms with E-state index in [1.54, 1.807) is 11.3 Å². The van der Waals surface area contributed by atoms with Gasteiger partial charge in [0.1, 0.15) is 0 Å². The number of nitrogens with two attached hydrogens (primary N) is 1. The predicted octanol–water partition coefficient (Wildman–Crippen LogP) is 3.75. The van der Waals surface area contributed by atoms with Gasteiger partial charge in [-0.2, -0.15) is 0 Å². The van der Waals surface area contributed by atoms with Crippen LogP contribution in [0.25, 0.3) is 0 Å². The Morgan fingerprint density at radius 2 is 1.94 bits per heavy atom. The second-order valence-electron chi connectivity index (χ2n) is 6.29. The third-order valence-corrected chi connectivity index (χ3v) is 4.46. The SMILES string of the molecule is CCC(N)(Cc1nc(C(C)(C)C)cs1)C(C)C. The number of aromatic nitrogens is 1. The van der Waals surface area contributed by atoms with E-state index in [1.807, 2.05) is 0 Å². The topological polar surface area (TPSA) is 38.9 Å². The molecule has 1 unspecified atom stereocenters. The number of nitrogens with zero attached hydrogens (tertiary/aromatic N) is 1. The Kier molecular flexibility index (Phi) is 4.37. The van der Waals surface area contributed by atoms with Crippen LogP contribution in [0.4, 0.5) is 0 Å². The van der Waals surface area contributed by atoms with E-state index in [-0.39, 0.29) is 11.0 Å². The molecule has 1 atom stereocenters. The number of hydrogen-bond donors (Lipinski definition) is 1. The van der Waals surface area contributed by atoms with Gasteiger partial charge in [0.2, 0.25) is 0 Å². The van der Waals surface area contributed by atoms with Crippen molar-refractivity contribution in [3.8, 4) is 0 Å². The van der Waals surface area contributed by atoms with E-state index >= 15 is 0 Å². The summed E-state index contributed by atoms with van der Waals surface area (Å²) in [4.78, 5) is 4.74. The van der Waals surface area contributed by atoms with Crippen LogP contribution in [0.15, 0.2) is 5.38 Å².